The highest BCUT2D eigenvalue weighted by Gasteiger charge is 2.21. The number of carbonyl (C=O) groups is 2. The van der Waals surface area contributed by atoms with E-state index in [1.165, 1.54) is 0 Å². The lowest BCUT2D eigenvalue weighted by Crippen LogP contribution is -2.33. The zero-order valence-electron chi connectivity index (χ0n) is 16.8. The Bertz CT molecular complexity index is 864. The van der Waals surface area contributed by atoms with Gasteiger partial charge >= 0.3 is 6.03 Å². The van der Waals surface area contributed by atoms with Crippen molar-refractivity contribution in [3.05, 3.63) is 52.5 Å². The van der Waals surface area contributed by atoms with Gasteiger partial charge in [-0.05, 0) is 68.7 Å². The number of hydrogen-bond acceptors (Lipinski definition) is 3. The van der Waals surface area contributed by atoms with Crippen LogP contribution in [-0.4, -0.2) is 31.1 Å². The molecule has 0 spiro atoms. The van der Waals surface area contributed by atoms with Gasteiger partial charge in [-0.25, -0.2) is 4.79 Å². The van der Waals surface area contributed by atoms with Crippen LogP contribution in [0, 0.1) is 0 Å². The topological polar surface area (TPSA) is 73.5 Å². The Kier molecular flexibility index (Phi) is 7.14. The van der Waals surface area contributed by atoms with Crippen LogP contribution in [0.5, 0.6) is 0 Å². The first-order valence-electron chi connectivity index (χ1n) is 9.99. The second-order valence-electron chi connectivity index (χ2n) is 7.29. The minimum absolute atomic E-state index is 0.0891. The molecule has 0 radical (unpaired) electrons. The second-order valence-corrected chi connectivity index (χ2v) is 8.21. The van der Waals surface area contributed by atoms with E-state index in [0.717, 1.165) is 42.5 Å². The fourth-order valence-corrected chi connectivity index (χ4v) is 3.52. The summed E-state index contributed by atoms with van der Waals surface area (Å²) in [5.74, 6) is -0.113. The van der Waals surface area contributed by atoms with Gasteiger partial charge in [0.05, 0.1) is 5.56 Å². The lowest BCUT2D eigenvalue weighted by molar-refractivity contribution is 0.0940. The van der Waals surface area contributed by atoms with Gasteiger partial charge in [-0.1, -0.05) is 22.9 Å². The third-order valence-electron chi connectivity index (χ3n) is 5.04. The standard InChI is InChI=1S/C22H27BrN4O2/c1-3-15(2)24-21(28)19-14-18(10-11-20(19)27-12-4-5-13-27)26-22(29)25-17-8-6-16(23)7-9-17/h6-11,14-15H,3-5,12-13H2,1-2H3,(H,24,28)(H2,25,26,29). The van der Waals surface area contributed by atoms with Gasteiger partial charge in [0.2, 0.25) is 0 Å². The summed E-state index contributed by atoms with van der Waals surface area (Å²) in [5.41, 5.74) is 2.78. The number of hydrogen-bond donors (Lipinski definition) is 3. The van der Waals surface area contributed by atoms with Crippen molar-refractivity contribution >= 4 is 44.9 Å². The van der Waals surface area contributed by atoms with Gasteiger partial charge in [-0.2, -0.15) is 0 Å². The number of rotatable bonds is 6. The van der Waals surface area contributed by atoms with E-state index < -0.39 is 0 Å². The van der Waals surface area contributed by atoms with E-state index >= 15 is 0 Å². The normalized spacial score (nSPS) is 14.4. The van der Waals surface area contributed by atoms with Crippen LogP contribution in [0.2, 0.25) is 0 Å². The summed E-state index contributed by atoms with van der Waals surface area (Å²) in [6.45, 7) is 5.92. The molecular weight excluding hydrogens is 432 g/mol. The molecule has 1 aliphatic heterocycles. The summed E-state index contributed by atoms with van der Waals surface area (Å²) < 4.78 is 0.943. The highest BCUT2D eigenvalue weighted by atomic mass is 79.9. The maximum Gasteiger partial charge on any atom is 0.323 e. The van der Waals surface area contributed by atoms with Crippen LogP contribution >= 0.6 is 15.9 Å². The number of amides is 3. The SMILES string of the molecule is CCC(C)NC(=O)c1cc(NC(=O)Nc2ccc(Br)cc2)ccc1N1CCCC1. The number of halogens is 1. The van der Waals surface area contributed by atoms with Crippen LogP contribution in [0.4, 0.5) is 21.9 Å². The monoisotopic (exact) mass is 458 g/mol. The Morgan fingerprint density at radius 1 is 1.03 bits per heavy atom. The molecule has 1 aliphatic rings. The van der Waals surface area contributed by atoms with Crippen molar-refractivity contribution in [3.8, 4) is 0 Å². The van der Waals surface area contributed by atoms with Crippen LogP contribution in [0.1, 0.15) is 43.5 Å². The Hall–Kier alpha value is -2.54. The maximum atomic E-state index is 12.9. The molecule has 0 aromatic heterocycles. The second kappa shape index (κ2) is 9.78. The predicted octanol–water partition coefficient (Wildman–Crippen LogP) is 5.22. The van der Waals surface area contributed by atoms with Crippen molar-refractivity contribution < 1.29 is 9.59 Å². The van der Waals surface area contributed by atoms with Crippen molar-refractivity contribution in [2.75, 3.05) is 28.6 Å². The Morgan fingerprint density at radius 3 is 2.31 bits per heavy atom. The van der Waals surface area contributed by atoms with Crippen LogP contribution < -0.4 is 20.9 Å². The van der Waals surface area contributed by atoms with Crippen molar-refractivity contribution in [3.63, 3.8) is 0 Å². The fraction of sp³-hybridized carbons (Fsp3) is 0.364. The first-order chi connectivity index (χ1) is 14.0. The Balaban J connectivity index is 1.77. The number of nitrogens with one attached hydrogen (secondary N) is 3. The number of nitrogens with zero attached hydrogens (tertiary/aromatic N) is 1. The molecule has 1 unspecified atom stereocenters. The molecule has 154 valence electrons. The molecule has 1 fully saturated rings. The summed E-state index contributed by atoms with van der Waals surface area (Å²) >= 11 is 3.37. The van der Waals surface area contributed by atoms with Crippen LogP contribution in [0.25, 0.3) is 0 Å². The van der Waals surface area contributed by atoms with Gasteiger partial charge in [0.15, 0.2) is 0 Å². The highest BCUT2D eigenvalue weighted by Crippen LogP contribution is 2.28. The fourth-order valence-electron chi connectivity index (χ4n) is 3.26. The zero-order chi connectivity index (χ0) is 20.8. The van der Waals surface area contributed by atoms with Crippen molar-refractivity contribution in [1.29, 1.82) is 0 Å². The van der Waals surface area contributed by atoms with Gasteiger partial charge < -0.3 is 20.9 Å². The van der Waals surface area contributed by atoms with Gasteiger partial charge in [-0.15, -0.1) is 0 Å². The lowest BCUT2D eigenvalue weighted by Gasteiger charge is -2.23. The largest absolute Gasteiger partial charge is 0.371 e. The molecule has 2 aromatic rings. The quantitative estimate of drug-likeness (QED) is 0.555. The average molecular weight is 459 g/mol. The molecular formula is C22H27BrN4O2. The molecule has 6 nitrogen and oxygen atoms in total. The summed E-state index contributed by atoms with van der Waals surface area (Å²) in [4.78, 5) is 27.5. The lowest BCUT2D eigenvalue weighted by atomic mass is 10.1. The van der Waals surface area contributed by atoms with Gasteiger partial charge in [0.25, 0.3) is 5.91 Å². The minimum atomic E-state index is -0.352. The van der Waals surface area contributed by atoms with Gasteiger partial charge in [-0.3, -0.25) is 4.79 Å². The molecule has 29 heavy (non-hydrogen) atoms. The molecule has 7 heteroatoms. The van der Waals surface area contributed by atoms with E-state index in [1.807, 2.05) is 50.2 Å². The first-order valence-corrected chi connectivity index (χ1v) is 10.8. The third-order valence-corrected chi connectivity index (χ3v) is 5.57. The summed E-state index contributed by atoms with van der Waals surface area (Å²) in [6, 6.07) is 12.6. The molecule has 1 heterocycles. The highest BCUT2D eigenvalue weighted by molar-refractivity contribution is 9.10. The predicted molar refractivity (Wildman–Crippen MR) is 122 cm³/mol. The van der Waals surface area contributed by atoms with E-state index in [-0.39, 0.29) is 18.0 Å². The van der Waals surface area contributed by atoms with Gasteiger partial charge in [0, 0.05) is 40.7 Å². The molecule has 0 bridgehead atoms. The van der Waals surface area contributed by atoms with E-state index in [0.29, 0.717) is 16.9 Å². The van der Waals surface area contributed by atoms with Crippen molar-refractivity contribution in [2.24, 2.45) is 0 Å². The molecule has 3 rings (SSSR count). The average Bonchev–Trinajstić information content (AvgIpc) is 3.24. The summed E-state index contributed by atoms with van der Waals surface area (Å²) in [7, 11) is 0. The zero-order valence-corrected chi connectivity index (χ0v) is 18.4. The van der Waals surface area contributed by atoms with E-state index in [9.17, 15) is 9.59 Å². The molecule has 0 saturated carbocycles. The molecule has 1 atom stereocenters. The number of benzene rings is 2. The van der Waals surface area contributed by atoms with Gasteiger partial charge in [0.1, 0.15) is 0 Å². The van der Waals surface area contributed by atoms with Crippen molar-refractivity contribution in [2.45, 2.75) is 39.2 Å². The smallest absolute Gasteiger partial charge is 0.323 e. The van der Waals surface area contributed by atoms with E-state index in [4.69, 9.17) is 0 Å². The number of carbonyl (C=O) groups excluding carboxylic acids is 2. The van der Waals surface area contributed by atoms with E-state index in [1.54, 1.807) is 6.07 Å². The third kappa shape index (κ3) is 5.73. The molecule has 3 amide bonds. The van der Waals surface area contributed by atoms with Crippen LogP contribution in [-0.2, 0) is 0 Å². The van der Waals surface area contributed by atoms with Crippen LogP contribution in [0.3, 0.4) is 0 Å². The molecule has 0 aliphatic carbocycles. The first kappa shape index (κ1) is 21.2. The van der Waals surface area contributed by atoms with Crippen LogP contribution in [0.15, 0.2) is 46.9 Å². The molecule has 1 saturated heterocycles. The molecule has 3 N–H and O–H groups in total. The molecule has 2 aromatic carbocycles. The van der Waals surface area contributed by atoms with E-state index in [2.05, 4.69) is 36.8 Å². The maximum absolute atomic E-state index is 12.9. The van der Waals surface area contributed by atoms with Crippen molar-refractivity contribution in [1.82, 2.24) is 5.32 Å². The number of urea groups is 1. The summed E-state index contributed by atoms with van der Waals surface area (Å²) in [5, 5.41) is 8.66. The summed E-state index contributed by atoms with van der Waals surface area (Å²) in [6.07, 6.45) is 3.11. The Labute approximate surface area is 180 Å². The Morgan fingerprint density at radius 2 is 1.66 bits per heavy atom. The number of anilines is 3. The minimum Gasteiger partial charge on any atom is -0.371 e.